The molecule has 0 radical (unpaired) electrons. The summed E-state index contributed by atoms with van der Waals surface area (Å²) in [6, 6.07) is 13.2. The number of urea groups is 1. The monoisotopic (exact) mass is 764 g/mol. The zero-order chi connectivity index (χ0) is 38.9. The number of rotatable bonds is 9. The quantitative estimate of drug-likeness (QED) is 0.225. The number of anilines is 2. The smallest absolute Gasteiger partial charge is 0.416 e. The number of fused-ring (bicyclic) bond motifs is 1. The van der Waals surface area contributed by atoms with E-state index in [-0.39, 0.29) is 53.4 Å². The number of carbonyl (C=O) groups is 2. The number of aliphatic hydroxyl groups excluding tert-OH is 1. The fraction of sp³-hybridized carbons (Fsp3) is 0.459. The van der Waals surface area contributed by atoms with E-state index < -0.39 is 51.8 Å². The van der Waals surface area contributed by atoms with Crippen molar-refractivity contribution in [2.45, 2.75) is 69.4 Å². The fourth-order valence-electron chi connectivity index (χ4n) is 5.73. The van der Waals surface area contributed by atoms with Crippen LogP contribution in [0.4, 0.5) is 29.3 Å². The van der Waals surface area contributed by atoms with Crippen molar-refractivity contribution in [1.82, 2.24) is 9.80 Å². The molecule has 0 saturated heterocycles. The first-order valence-corrected chi connectivity index (χ1v) is 18.7. The van der Waals surface area contributed by atoms with Crippen LogP contribution in [-0.4, -0.2) is 94.0 Å². The molecule has 12 nitrogen and oxygen atoms in total. The summed E-state index contributed by atoms with van der Waals surface area (Å²) in [5.41, 5.74) is -0.445. The van der Waals surface area contributed by atoms with Crippen LogP contribution in [0.5, 0.6) is 11.5 Å². The Morgan fingerprint density at radius 1 is 1.06 bits per heavy atom. The summed E-state index contributed by atoms with van der Waals surface area (Å²) < 4.78 is 85.7. The minimum Gasteiger partial charge on any atom is -0.497 e. The number of nitrogens with one attached hydrogen (secondary N) is 2. The molecule has 4 atom stereocenters. The second kappa shape index (κ2) is 18.0. The highest BCUT2D eigenvalue weighted by atomic mass is 32.2. The first-order valence-electron chi connectivity index (χ1n) is 17.2. The largest absolute Gasteiger partial charge is 0.497 e. The van der Waals surface area contributed by atoms with Gasteiger partial charge in [0.1, 0.15) is 11.5 Å². The van der Waals surface area contributed by atoms with E-state index in [9.17, 15) is 36.3 Å². The van der Waals surface area contributed by atoms with Crippen LogP contribution in [-0.2, 0) is 20.9 Å². The molecule has 290 valence electrons. The van der Waals surface area contributed by atoms with Gasteiger partial charge in [-0.15, -0.1) is 0 Å². The molecule has 1 aliphatic rings. The summed E-state index contributed by atoms with van der Waals surface area (Å²) in [4.78, 5) is 30.3. The van der Waals surface area contributed by atoms with E-state index in [1.165, 1.54) is 72.5 Å². The van der Waals surface area contributed by atoms with E-state index in [0.29, 0.717) is 25.2 Å². The Hall–Kier alpha value is -4.54. The van der Waals surface area contributed by atoms with Crippen LogP contribution >= 0.6 is 0 Å². The summed E-state index contributed by atoms with van der Waals surface area (Å²) in [7, 11) is -1.05. The summed E-state index contributed by atoms with van der Waals surface area (Å²) in [6.07, 6.45) is -3.39. The maximum Gasteiger partial charge on any atom is 0.416 e. The third kappa shape index (κ3) is 11.2. The average Bonchev–Trinajstić information content (AvgIpc) is 3.12. The van der Waals surface area contributed by atoms with Gasteiger partial charge in [0.15, 0.2) is 0 Å². The molecular formula is C37H47F3N4O8S. The highest BCUT2D eigenvalue weighted by molar-refractivity contribution is 7.92. The third-order valence-electron chi connectivity index (χ3n) is 8.94. The third-order valence-corrected chi connectivity index (χ3v) is 10.3. The van der Waals surface area contributed by atoms with Crippen molar-refractivity contribution < 1.29 is 50.5 Å². The molecule has 3 N–H and O–H groups in total. The predicted molar refractivity (Wildman–Crippen MR) is 194 cm³/mol. The van der Waals surface area contributed by atoms with Crippen LogP contribution in [0.15, 0.2) is 71.6 Å². The van der Waals surface area contributed by atoms with Gasteiger partial charge >= 0.3 is 12.2 Å². The van der Waals surface area contributed by atoms with Gasteiger partial charge in [-0.1, -0.05) is 6.92 Å². The number of halogens is 3. The zero-order valence-corrected chi connectivity index (χ0v) is 31.2. The lowest BCUT2D eigenvalue weighted by molar-refractivity contribution is -0.137. The van der Waals surface area contributed by atoms with Crippen molar-refractivity contribution in [1.29, 1.82) is 0 Å². The Kier molecular flexibility index (Phi) is 14.0. The molecule has 3 amide bonds. The zero-order valence-electron chi connectivity index (χ0n) is 30.4. The Balaban J connectivity index is 1.59. The first kappa shape index (κ1) is 41.2. The number of nitrogens with zero attached hydrogens (tertiary/aromatic N) is 2. The van der Waals surface area contributed by atoms with Crippen LogP contribution in [0.1, 0.15) is 56.0 Å². The van der Waals surface area contributed by atoms with Gasteiger partial charge in [0.2, 0.25) is 0 Å². The molecule has 4 rings (SSSR count). The molecule has 1 aliphatic heterocycles. The number of sulfonamides is 1. The highest BCUT2D eigenvalue weighted by Gasteiger charge is 2.32. The summed E-state index contributed by atoms with van der Waals surface area (Å²) in [5, 5.41) is 12.8. The molecule has 0 bridgehead atoms. The number of alkyl halides is 3. The van der Waals surface area contributed by atoms with Gasteiger partial charge < -0.3 is 34.4 Å². The number of amides is 3. The van der Waals surface area contributed by atoms with E-state index in [1.807, 2.05) is 13.8 Å². The van der Waals surface area contributed by atoms with Crippen molar-refractivity contribution in [2.24, 2.45) is 5.92 Å². The molecule has 53 heavy (non-hydrogen) atoms. The number of aliphatic hydroxyl groups is 1. The number of hydrogen-bond donors (Lipinski definition) is 3. The van der Waals surface area contributed by atoms with E-state index >= 15 is 0 Å². The molecule has 3 aromatic rings. The maximum atomic E-state index is 14.4. The molecule has 0 aromatic heterocycles. The SMILES string of the molecule is COc1ccc(S(=O)(=O)Nc2ccc3c(c2)C(=O)N([C@@H](C)CO)C[C@@H](C)[C@@H](CN(C)C(=O)Nc2ccc(C(F)(F)F)cc2)OCCCC[C@@H](C)O3)cc1. The normalized spacial score (nSPS) is 19.6. The van der Waals surface area contributed by atoms with Crippen molar-refractivity contribution in [3.8, 4) is 11.5 Å². The maximum absolute atomic E-state index is 14.4. The lowest BCUT2D eigenvalue weighted by atomic mass is 10.0. The number of ether oxygens (including phenoxy) is 3. The van der Waals surface area contributed by atoms with Crippen LogP contribution in [0.25, 0.3) is 0 Å². The second-order valence-corrected chi connectivity index (χ2v) is 14.9. The predicted octanol–water partition coefficient (Wildman–Crippen LogP) is 6.47. The fourth-order valence-corrected chi connectivity index (χ4v) is 6.78. The van der Waals surface area contributed by atoms with E-state index in [4.69, 9.17) is 14.2 Å². The number of likely N-dealkylation sites (N-methyl/N-ethyl adjacent to an activating group) is 1. The molecule has 0 unspecified atom stereocenters. The summed E-state index contributed by atoms with van der Waals surface area (Å²) in [6.45, 7) is 5.52. The van der Waals surface area contributed by atoms with Crippen molar-refractivity contribution >= 4 is 33.3 Å². The Bertz CT molecular complexity index is 1790. The molecule has 1 heterocycles. The number of hydrogen-bond acceptors (Lipinski definition) is 8. The Morgan fingerprint density at radius 3 is 2.34 bits per heavy atom. The highest BCUT2D eigenvalue weighted by Crippen LogP contribution is 2.31. The number of methoxy groups -OCH3 is 1. The average molecular weight is 765 g/mol. The van der Waals surface area contributed by atoms with Gasteiger partial charge in [-0.25, -0.2) is 13.2 Å². The van der Waals surface area contributed by atoms with Crippen LogP contribution in [0.2, 0.25) is 0 Å². The minimum atomic E-state index is -4.51. The van der Waals surface area contributed by atoms with Crippen molar-refractivity contribution in [3.63, 3.8) is 0 Å². The van der Waals surface area contributed by atoms with Gasteiger partial charge in [0.25, 0.3) is 15.9 Å². The topological polar surface area (TPSA) is 147 Å². The first-order chi connectivity index (χ1) is 25.0. The van der Waals surface area contributed by atoms with Gasteiger partial charge in [-0.05, 0) is 99.8 Å². The van der Waals surface area contributed by atoms with Gasteiger partial charge in [0, 0.05) is 44.0 Å². The van der Waals surface area contributed by atoms with E-state index in [2.05, 4.69) is 10.0 Å². The summed E-state index contributed by atoms with van der Waals surface area (Å²) in [5.74, 6) is -0.171. The molecule has 0 aliphatic carbocycles. The van der Waals surface area contributed by atoms with Crippen LogP contribution in [0.3, 0.4) is 0 Å². The number of benzene rings is 3. The van der Waals surface area contributed by atoms with Gasteiger partial charge in [0.05, 0.1) is 48.0 Å². The van der Waals surface area contributed by atoms with Crippen LogP contribution in [0, 0.1) is 5.92 Å². The molecule has 16 heteroatoms. The van der Waals surface area contributed by atoms with Gasteiger partial charge in [-0.2, -0.15) is 13.2 Å². The molecule has 3 aromatic carbocycles. The van der Waals surface area contributed by atoms with Crippen molar-refractivity contribution in [2.75, 3.05) is 50.5 Å². The molecular weight excluding hydrogens is 717 g/mol. The van der Waals surface area contributed by atoms with Gasteiger partial charge in [-0.3, -0.25) is 9.52 Å². The standard InChI is InChI=1S/C37H47F3N4O8S/c1-24-21-44(25(2)23-45)35(46)32-20-29(42-53(48,49)31-16-14-30(50-5)15-17-31)13-18-33(32)52-26(3)8-6-7-19-51-34(24)22-43(4)36(47)41-28-11-9-27(10-12-28)37(38,39)40/h9-18,20,24-26,34,42,45H,6-8,19,21-23H2,1-5H3,(H,41,47)/t24-,25+,26-,34-/m1/s1. The molecule has 0 spiro atoms. The lowest BCUT2D eigenvalue weighted by Crippen LogP contribution is -2.48. The van der Waals surface area contributed by atoms with Crippen molar-refractivity contribution in [3.05, 3.63) is 77.9 Å². The van der Waals surface area contributed by atoms with E-state index in [0.717, 1.165) is 18.6 Å². The Labute approximate surface area is 308 Å². The molecule has 0 fully saturated rings. The summed E-state index contributed by atoms with van der Waals surface area (Å²) >= 11 is 0. The Morgan fingerprint density at radius 2 is 1.72 bits per heavy atom. The minimum absolute atomic E-state index is 0.0111. The lowest BCUT2D eigenvalue weighted by Gasteiger charge is -2.35. The second-order valence-electron chi connectivity index (χ2n) is 13.2. The van der Waals surface area contributed by atoms with Crippen LogP contribution < -0.4 is 19.5 Å². The molecule has 0 saturated carbocycles. The number of carbonyl (C=O) groups excluding carboxylic acids is 2. The van der Waals surface area contributed by atoms with E-state index in [1.54, 1.807) is 13.0 Å².